The van der Waals surface area contributed by atoms with E-state index in [4.69, 9.17) is 9.47 Å². The molecule has 0 aliphatic carbocycles. The molecular formula is C31H37N3O4S. The molecule has 3 amide bonds. The first-order chi connectivity index (χ1) is 18.9. The molecule has 2 aromatic carbocycles. The number of carbonyl (C=O) groups excluding carboxylic acids is 2. The van der Waals surface area contributed by atoms with E-state index in [9.17, 15) is 9.59 Å². The third-order valence-corrected chi connectivity index (χ3v) is 8.50. The molecule has 1 fully saturated rings. The topological polar surface area (TPSA) is 71.1 Å². The molecule has 2 atom stereocenters. The number of amides is 3. The van der Waals surface area contributed by atoms with E-state index in [-0.39, 0.29) is 30.6 Å². The quantitative estimate of drug-likeness (QED) is 0.382. The third kappa shape index (κ3) is 6.62. The fraction of sp³-hybridized carbons (Fsp3) is 0.419. The summed E-state index contributed by atoms with van der Waals surface area (Å²) in [6.45, 7) is 8.12. The maximum Gasteiger partial charge on any atom is 0.322 e. The van der Waals surface area contributed by atoms with Crippen LogP contribution in [0.4, 0.5) is 10.5 Å². The highest BCUT2D eigenvalue weighted by Crippen LogP contribution is 2.34. The van der Waals surface area contributed by atoms with E-state index < -0.39 is 0 Å². The molecule has 2 aliphatic heterocycles. The van der Waals surface area contributed by atoms with Gasteiger partial charge in [-0.05, 0) is 80.8 Å². The molecule has 0 spiro atoms. The lowest BCUT2D eigenvalue weighted by atomic mass is 10.00. The van der Waals surface area contributed by atoms with E-state index in [1.165, 1.54) is 10.4 Å². The van der Waals surface area contributed by atoms with Gasteiger partial charge in [0.1, 0.15) is 18.9 Å². The molecule has 39 heavy (non-hydrogen) atoms. The van der Waals surface area contributed by atoms with Gasteiger partial charge < -0.3 is 24.6 Å². The van der Waals surface area contributed by atoms with Crippen LogP contribution < -0.4 is 10.1 Å². The maximum absolute atomic E-state index is 13.9. The predicted octanol–water partition coefficient (Wildman–Crippen LogP) is 5.89. The summed E-state index contributed by atoms with van der Waals surface area (Å²) in [6.07, 6.45) is 2.60. The summed E-state index contributed by atoms with van der Waals surface area (Å²) in [6, 6.07) is 15.4. The standard InChI is InChI=1S/C31H37N3O4S/c1-21-6-9-24(10-7-21)32-31(36)33(18-25-5-4-15-37-25)19-30(35)34-14-12-29-26(13-16-39-29)27(34)20-38-28-11-8-22(2)17-23(28)3/h6-11,13,16-17,25,27H,4-5,12,14-15,18-20H2,1-3H3,(H,32,36)/t25-,27+/m0/s1. The minimum atomic E-state index is -0.293. The Balaban J connectivity index is 1.32. The number of benzene rings is 2. The number of thiophene rings is 1. The van der Waals surface area contributed by atoms with Gasteiger partial charge in [-0.2, -0.15) is 0 Å². The van der Waals surface area contributed by atoms with E-state index in [2.05, 4.69) is 29.8 Å². The monoisotopic (exact) mass is 547 g/mol. The molecule has 2 aliphatic rings. The van der Waals surface area contributed by atoms with Crippen LogP contribution in [0.3, 0.4) is 0 Å². The summed E-state index contributed by atoms with van der Waals surface area (Å²) in [5, 5.41) is 5.05. The second kappa shape index (κ2) is 12.2. The molecule has 1 aromatic heterocycles. The van der Waals surface area contributed by atoms with E-state index in [1.807, 2.05) is 55.1 Å². The zero-order valence-corrected chi connectivity index (χ0v) is 23.8. The summed E-state index contributed by atoms with van der Waals surface area (Å²) in [7, 11) is 0. The van der Waals surface area contributed by atoms with Crippen molar-refractivity contribution in [2.45, 2.75) is 52.2 Å². The van der Waals surface area contributed by atoms with Gasteiger partial charge in [-0.25, -0.2) is 4.79 Å². The highest BCUT2D eigenvalue weighted by atomic mass is 32.1. The molecule has 0 bridgehead atoms. The first-order valence-corrected chi connectivity index (χ1v) is 14.6. The molecule has 8 heteroatoms. The van der Waals surface area contributed by atoms with Gasteiger partial charge in [0.05, 0.1) is 12.1 Å². The average Bonchev–Trinajstić information content (AvgIpc) is 3.61. The largest absolute Gasteiger partial charge is 0.491 e. The molecule has 3 aromatic rings. The van der Waals surface area contributed by atoms with Crippen molar-refractivity contribution >= 4 is 29.0 Å². The number of fused-ring (bicyclic) bond motifs is 1. The average molecular weight is 548 g/mol. The van der Waals surface area contributed by atoms with Crippen LogP contribution in [0.2, 0.25) is 0 Å². The minimum Gasteiger partial charge on any atom is -0.491 e. The van der Waals surface area contributed by atoms with Crippen LogP contribution in [0.5, 0.6) is 5.75 Å². The number of nitrogens with zero attached hydrogens (tertiary/aromatic N) is 2. The van der Waals surface area contributed by atoms with Gasteiger partial charge in [0.25, 0.3) is 0 Å². The lowest BCUT2D eigenvalue weighted by Crippen LogP contribution is -2.50. The molecular weight excluding hydrogens is 510 g/mol. The fourth-order valence-corrected chi connectivity index (χ4v) is 6.28. The number of aryl methyl sites for hydroxylation is 3. The van der Waals surface area contributed by atoms with Crippen LogP contribution >= 0.6 is 11.3 Å². The Kier molecular flexibility index (Phi) is 8.53. The van der Waals surface area contributed by atoms with Crippen molar-refractivity contribution in [2.24, 2.45) is 0 Å². The summed E-state index contributed by atoms with van der Waals surface area (Å²) in [5.74, 6) is 0.742. The number of urea groups is 1. The van der Waals surface area contributed by atoms with E-state index >= 15 is 0 Å². The van der Waals surface area contributed by atoms with Gasteiger partial charge >= 0.3 is 6.03 Å². The number of anilines is 1. The SMILES string of the molecule is Cc1ccc(NC(=O)N(CC(=O)N2CCc3sccc3[C@H]2COc2ccc(C)cc2C)C[C@@H]2CCCO2)cc1. The third-order valence-electron chi connectivity index (χ3n) is 7.51. The molecule has 7 nitrogen and oxygen atoms in total. The van der Waals surface area contributed by atoms with Crippen LogP contribution in [0, 0.1) is 20.8 Å². The lowest BCUT2D eigenvalue weighted by molar-refractivity contribution is -0.135. The van der Waals surface area contributed by atoms with Crippen molar-refractivity contribution in [2.75, 3.05) is 38.2 Å². The summed E-state index contributed by atoms with van der Waals surface area (Å²) < 4.78 is 12.1. The predicted molar refractivity (Wildman–Crippen MR) is 155 cm³/mol. The number of hydrogen-bond donors (Lipinski definition) is 1. The summed E-state index contributed by atoms with van der Waals surface area (Å²) in [4.78, 5) is 32.0. The first kappa shape index (κ1) is 27.2. The smallest absolute Gasteiger partial charge is 0.322 e. The number of ether oxygens (including phenoxy) is 2. The molecule has 0 saturated carbocycles. The van der Waals surface area contributed by atoms with Gasteiger partial charge in [0.2, 0.25) is 5.91 Å². The van der Waals surface area contributed by atoms with Gasteiger partial charge in [0, 0.05) is 30.3 Å². The van der Waals surface area contributed by atoms with E-state index in [0.29, 0.717) is 32.0 Å². The van der Waals surface area contributed by atoms with Crippen LogP contribution in [-0.2, 0) is 16.0 Å². The molecule has 1 N–H and O–H groups in total. The first-order valence-electron chi connectivity index (χ1n) is 13.7. The van der Waals surface area contributed by atoms with Gasteiger partial charge in [-0.15, -0.1) is 11.3 Å². The Hall–Kier alpha value is -3.36. The Morgan fingerprint density at radius 2 is 1.90 bits per heavy atom. The highest BCUT2D eigenvalue weighted by molar-refractivity contribution is 7.10. The van der Waals surface area contributed by atoms with Gasteiger partial charge in [0.15, 0.2) is 0 Å². The summed E-state index contributed by atoms with van der Waals surface area (Å²) >= 11 is 1.73. The number of nitrogens with one attached hydrogen (secondary N) is 1. The Morgan fingerprint density at radius 3 is 2.64 bits per heavy atom. The van der Waals surface area contributed by atoms with Gasteiger partial charge in [-0.3, -0.25) is 4.79 Å². The van der Waals surface area contributed by atoms with Crippen molar-refractivity contribution in [3.8, 4) is 5.75 Å². The Bertz CT molecular complexity index is 1300. The molecule has 5 rings (SSSR count). The Labute approximate surface area is 234 Å². The van der Waals surface area contributed by atoms with Crippen LogP contribution in [0.15, 0.2) is 53.9 Å². The van der Waals surface area contributed by atoms with Crippen molar-refractivity contribution < 1.29 is 19.1 Å². The number of carbonyl (C=O) groups is 2. The number of hydrogen-bond acceptors (Lipinski definition) is 5. The molecule has 206 valence electrons. The van der Waals surface area contributed by atoms with Crippen molar-refractivity contribution in [1.29, 1.82) is 0 Å². The second-order valence-corrected chi connectivity index (χ2v) is 11.5. The molecule has 0 radical (unpaired) electrons. The van der Waals surface area contributed by atoms with E-state index in [1.54, 1.807) is 16.2 Å². The van der Waals surface area contributed by atoms with Crippen LogP contribution in [0.1, 0.15) is 46.0 Å². The Morgan fingerprint density at radius 1 is 1.10 bits per heavy atom. The minimum absolute atomic E-state index is 0.0168. The van der Waals surface area contributed by atoms with E-state index in [0.717, 1.165) is 41.7 Å². The second-order valence-electron chi connectivity index (χ2n) is 10.5. The molecule has 1 saturated heterocycles. The zero-order chi connectivity index (χ0) is 27.4. The molecule has 3 heterocycles. The van der Waals surface area contributed by atoms with Crippen molar-refractivity contribution in [3.05, 3.63) is 81.0 Å². The fourth-order valence-electron chi connectivity index (χ4n) is 5.35. The van der Waals surface area contributed by atoms with Crippen molar-refractivity contribution in [1.82, 2.24) is 9.80 Å². The van der Waals surface area contributed by atoms with Crippen molar-refractivity contribution in [3.63, 3.8) is 0 Å². The summed E-state index contributed by atoms with van der Waals surface area (Å²) in [5.41, 5.74) is 5.22. The number of rotatable bonds is 8. The lowest BCUT2D eigenvalue weighted by Gasteiger charge is -2.37. The van der Waals surface area contributed by atoms with Gasteiger partial charge in [-0.1, -0.05) is 35.4 Å². The maximum atomic E-state index is 13.9. The normalized spacial score (nSPS) is 18.5. The van der Waals surface area contributed by atoms with Crippen LogP contribution in [-0.4, -0.2) is 60.7 Å². The highest BCUT2D eigenvalue weighted by Gasteiger charge is 2.34. The zero-order valence-electron chi connectivity index (χ0n) is 22.9. The molecule has 0 unspecified atom stereocenters. The van der Waals surface area contributed by atoms with Crippen LogP contribution in [0.25, 0.3) is 0 Å².